The molecule has 2 aromatic rings. The minimum absolute atomic E-state index is 0.00719. The van der Waals surface area contributed by atoms with Crippen molar-refractivity contribution in [2.24, 2.45) is 0 Å². The van der Waals surface area contributed by atoms with E-state index in [0.717, 1.165) is 12.1 Å². The van der Waals surface area contributed by atoms with Crippen LogP contribution in [0.4, 0.5) is 29.3 Å². The van der Waals surface area contributed by atoms with Gasteiger partial charge >= 0.3 is 18.2 Å². The summed E-state index contributed by atoms with van der Waals surface area (Å²) in [6.45, 7) is 12.2. The average Bonchev–Trinajstić information content (AvgIpc) is 3.13. The molecule has 0 spiro atoms. The van der Waals surface area contributed by atoms with Gasteiger partial charge in [0, 0.05) is 19.3 Å². The van der Waals surface area contributed by atoms with Gasteiger partial charge in [-0.1, -0.05) is 18.2 Å². The number of carbonyl (C=O) groups is 2. The van der Waals surface area contributed by atoms with Crippen LogP contribution >= 0.6 is 0 Å². The van der Waals surface area contributed by atoms with Crippen LogP contribution in [0.2, 0.25) is 0 Å². The van der Waals surface area contributed by atoms with Crippen LogP contribution in [0.5, 0.6) is 0 Å². The van der Waals surface area contributed by atoms with Gasteiger partial charge in [-0.2, -0.15) is 13.2 Å². The van der Waals surface area contributed by atoms with Gasteiger partial charge in [-0.25, -0.2) is 9.59 Å². The molecule has 55 heavy (non-hydrogen) atoms. The van der Waals surface area contributed by atoms with Crippen molar-refractivity contribution in [2.45, 2.75) is 32.5 Å². The highest BCUT2D eigenvalue weighted by atomic mass is 19.4. The van der Waals surface area contributed by atoms with Crippen LogP contribution in [-0.2, 0) is 53.5 Å². The molecule has 0 atom stereocenters. The predicted octanol–water partition coefficient (Wildman–Crippen LogP) is 5.61. The largest absolute Gasteiger partial charge is 0.460 e. The van der Waals surface area contributed by atoms with E-state index in [1.807, 2.05) is 20.8 Å². The number of para-hydroxylation sites is 1. The Morgan fingerprint density at radius 2 is 1.04 bits per heavy atom. The minimum Gasteiger partial charge on any atom is -0.460 e. The van der Waals surface area contributed by atoms with Crippen molar-refractivity contribution >= 4 is 23.4 Å². The van der Waals surface area contributed by atoms with E-state index in [-0.39, 0.29) is 30.6 Å². The summed E-state index contributed by atoms with van der Waals surface area (Å²) < 4.78 is 93.4. The number of hydrogen-bond donors (Lipinski definition) is 1. The Labute approximate surface area is 321 Å². The third kappa shape index (κ3) is 23.9. The molecule has 0 aliphatic rings. The fourth-order valence-corrected chi connectivity index (χ4v) is 4.24. The molecule has 0 unspecified atom stereocenters. The van der Waals surface area contributed by atoms with Gasteiger partial charge in [0.15, 0.2) is 0 Å². The van der Waals surface area contributed by atoms with E-state index in [1.54, 1.807) is 25.2 Å². The summed E-state index contributed by atoms with van der Waals surface area (Å²) >= 11 is 0. The zero-order valence-corrected chi connectivity index (χ0v) is 32.3. The summed E-state index contributed by atoms with van der Waals surface area (Å²) in [4.78, 5) is 25.9. The molecule has 0 bridgehead atoms. The monoisotopic (exact) mass is 790 g/mol. The molecule has 0 saturated carbocycles. The third-order valence-electron chi connectivity index (χ3n) is 6.96. The smallest absolute Gasteiger partial charge is 0.416 e. The van der Waals surface area contributed by atoms with Gasteiger partial charge in [0.1, 0.15) is 12.2 Å². The van der Waals surface area contributed by atoms with Crippen molar-refractivity contribution in [3.63, 3.8) is 0 Å². The molecule has 1 amide bonds. The van der Waals surface area contributed by atoms with Crippen molar-refractivity contribution in [2.75, 3.05) is 131 Å². The molecule has 0 heterocycles. The molecule has 17 heteroatoms. The number of hydrogen-bond acceptors (Lipinski definition) is 13. The fourth-order valence-electron chi connectivity index (χ4n) is 4.24. The summed E-state index contributed by atoms with van der Waals surface area (Å²) in [5.41, 5.74) is -0.634. The van der Waals surface area contributed by atoms with Crippen LogP contribution in [0, 0.1) is 0 Å². The maximum atomic E-state index is 13.1. The Morgan fingerprint density at radius 3 is 1.49 bits per heavy atom. The van der Waals surface area contributed by atoms with Crippen molar-refractivity contribution in [1.82, 2.24) is 4.90 Å². The molecule has 0 radical (unpaired) electrons. The van der Waals surface area contributed by atoms with Crippen molar-refractivity contribution < 1.29 is 70.1 Å². The minimum atomic E-state index is -4.48. The van der Waals surface area contributed by atoms with Gasteiger partial charge in [0.25, 0.3) is 0 Å². The van der Waals surface area contributed by atoms with Gasteiger partial charge in [0.05, 0.1) is 123 Å². The van der Waals surface area contributed by atoms with Gasteiger partial charge in [-0.05, 0) is 51.1 Å². The standard InChI is InChI=1S/C38H57F3N2O12/c1-37(2,3)55-36(45)43(4)12-13-46-14-15-47-16-17-48-18-19-49-20-21-50-22-23-51-24-25-52-26-27-53-28-29-54-35(44)33-10-5-6-11-34(33)42-32-9-7-8-31(30-32)38(39,40)41/h5-11,30,42H,12-29H2,1-4H3. The van der Waals surface area contributed by atoms with E-state index in [1.165, 1.54) is 23.1 Å². The van der Waals surface area contributed by atoms with Crippen LogP contribution < -0.4 is 5.32 Å². The molecular formula is C38H57F3N2O12. The van der Waals surface area contributed by atoms with E-state index in [9.17, 15) is 22.8 Å². The first kappa shape index (κ1) is 47.6. The number of halogens is 3. The third-order valence-corrected chi connectivity index (χ3v) is 6.96. The zero-order valence-electron chi connectivity index (χ0n) is 32.3. The number of rotatable bonds is 30. The first-order valence-electron chi connectivity index (χ1n) is 18.1. The number of anilines is 2. The van der Waals surface area contributed by atoms with Crippen molar-refractivity contribution in [3.8, 4) is 0 Å². The van der Waals surface area contributed by atoms with Gasteiger partial charge in [-0.3, -0.25) is 0 Å². The summed E-state index contributed by atoms with van der Waals surface area (Å²) in [6.07, 6.45) is -4.86. The van der Waals surface area contributed by atoms with E-state index in [2.05, 4.69) is 5.32 Å². The van der Waals surface area contributed by atoms with Crippen molar-refractivity contribution in [1.29, 1.82) is 0 Å². The molecule has 0 aliphatic heterocycles. The number of nitrogens with zero attached hydrogens (tertiary/aromatic N) is 1. The lowest BCUT2D eigenvalue weighted by molar-refractivity contribution is -0.137. The van der Waals surface area contributed by atoms with E-state index in [4.69, 9.17) is 47.4 Å². The van der Waals surface area contributed by atoms with E-state index < -0.39 is 23.3 Å². The van der Waals surface area contributed by atoms with Gasteiger partial charge in [0.2, 0.25) is 0 Å². The van der Waals surface area contributed by atoms with Crippen LogP contribution in [0.15, 0.2) is 48.5 Å². The van der Waals surface area contributed by atoms with E-state index >= 15 is 0 Å². The number of ether oxygens (including phenoxy) is 10. The topological polar surface area (TPSA) is 142 Å². The SMILES string of the molecule is CN(CCOCCOCCOCCOCCOCCOCCOCCOCCOC(=O)c1ccccc1Nc1cccc(C(F)(F)F)c1)C(=O)OC(C)(C)C. The fraction of sp³-hybridized carbons (Fsp3) is 0.632. The normalized spacial score (nSPS) is 11.8. The number of benzene rings is 2. The summed E-state index contributed by atoms with van der Waals surface area (Å²) in [7, 11) is 1.67. The Balaban J connectivity index is 1.31. The Hall–Kier alpha value is -3.55. The molecule has 0 saturated heterocycles. The molecular weight excluding hydrogens is 733 g/mol. The quantitative estimate of drug-likeness (QED) is 0.0776. The molecule has 2 rings (SSSR count). The molecule has 2 aromatic carbocycles. The number of likely N-dealkylation sites (N-methyl/N-ethyl adjacent to an activating group) is 1. The Morgan fingerprint density at radius 1 is 0.600 bits per heavy atom. The van der Waals surface area contributed by atoms with E-state index in [0.29, 0.717) is 111 Å². The van der Waals surface area contributed by atoms with Crippen molar-refractivity contribution in [3.05, 3.63) is 59.7 Å². The second kappa shape index (κ2) is 27.9. The zero-order chi connectivity index (χ0) is 40.2. The second-order valence-corrected chi connectivity index (χ2v) is 12.7. The van der Waals surface area contributed by atoms with Crippen LogP contribution in [0.3, 0.4) is 0 Å². The maximum Gasteiger partial charge on any atom is 0.416 e. The second-order valence-electron chi connectivity index (χ2n) is 12.7. The molecule has 0 aliphatic carbocycles. The lowest BCUT2D eigenvalue weighted by Gasteiger charge is -2.24. The number of amides is 1. The number of alkyl halides is 3. The van der Waals surface area contributed by atoms with Crippen LogP contribution in [-0.4, -0.2) is 148 Å². The summed E-state index contributed by atoms with van der Waals surface area (Å²) in [6, 6.07) is 11.1. The highest BCUT2D eigenvalue weighted by molar-refractivity contribution is 5.96. The highest BCUT2D eigenvalue weighted by Crippen LogP contribution is 2.32. The molecule has 0 aromatic heterocycles. The lowest BCUT2D eigenvalue weighted by atomic mass is 10.1. The molecule has 312 valence electrons. The number of nitrogens with one attached hydrogen (secondary N) is 1. The maximum absolute atomic E-state index is 13.1. The Kier molecular flexibility index (Phi) is 24.2. The average molecular weight is 791 g/mol. The van der Waals surface area contributed by atoms with Crippen LogP contribution in [0.1, 0.15) is 36.7 Å². The molecule has 14 nitrogen and oxygen atoms in total. The first-order valence-corrected chi connectivity index (χ1v) is 18.1. The summed E-state index contributed by atoms with van der Waals surface area (Å²) in [5, 5.41) is 2.86. The summed E-state index contributed by atoms with van der Waals surface area (Å²) in [5.74, 6) is -0.633. The number of esters is 1. The van der Waals surface area contributed by atoms with Gasteiger partial charge in [-0.15, -0.1) is 0 Å². The molecule has 1 N–H and O–H groups in total. The lowest BCUT2D eigenvalue weighted by Crippen LogP contribution is -2.36. The first-order chi connectivity index (χ1) is 26.4. The van der Waals surface area contributed by atoms with Gasteiger partial charge < -0.3 is 57.6 Å². The molecule has 0 fully saturated rings. The Bertz CT molecular complexity index is 1330. The number of carbonyl (C=O) groups excluding carboxylic acids is 2. The highest BCUT2D eigenvalue weighted by Gasteiger charge is 2.30. The predicted molar refractivity (Wildman–Crippen MR) is 197 cm³/mol. The van der Waals surface area contributed by atoms with Crippen LogP contribution in [0.25, 0.3) is 0 Å².